The molecule has 1 heterocycles. The number of rotatable bonds is 3. The van der Waals surface area contributed by atoms with E-state index in [9.17, 15) is 0 Å². The molecule has 0 spiro atoms. The maximum Gasteiger partial charge on any atom is 0.0479 e. The van der Waals surface area contributed by atoms with E-state index in [1.807, 2.05) is 0 Å². The molecular formula is C12H26Si. The van der Waals surface area contributed by atoms with Crippen molar-refractivity contribution in [2.45, 2.75) is 58.8 Å². The van der Waals surface area contributed by atoms with Crippen LogP contribution in [0.2, 0.25) is 25.2 Å². The van der Waals surface area contributed by atoms with E-state index in [1.54, 1.807) is 12.1 Å². The van der Waals surface area contributed by atoms with Crippen molar-refractivity contribution in [1.29, 1.82) is 0 Å². The molecule has 78 valence electrons. The maximum atomic E-state index is 2.57. The highest BCUT2D eigenvalue weighted by atomic mass is 28.3. The van der Waals surface area contributed by atoms with Crippen LogP contribution in [0, 0.1) is 17.8 Å². The Bertz CT molecular complexity index is 163. The molecule has 0 aromatic heterocycles. The summed E-state index contributed by atoms with van der Waals surface area (Å²) in [5.74, 6) is 3.05. The third-order valence-electron chi connectivity index (χ3n) is 3.87. The van der Waals surface area contributed by atoms with Crippen LogP contribution >= 0.6 is 0 Å². The van der Waals surface area contributed by atoms with Crippen LogP contribution in [-0.2, 0) is 0 Å². The van der Waals surface area contributed by atoms with Gasteiger partial charge in [-0.1, -0.05) is 58.8 Å². The lowest BCUT2D eigenvalue weighted by Gasteiger charge is -2.23. The van der Waals surface area contributed by atoms with Gasteiger partial charge in [0.1, 0.15) is 0 Å². The Kier molecular flexibility index (Phi) is 3.62. The van der Waals surface area contributed by atoms with Crippen LogP contribution in [0.25, 0.3) is 0 Å². The zero-order valence-corrected chi connectivity index (χ0v) is 11.1. The largest absolute Gasteiger partial charge is 0.0693 e. The smallest absolute Gasteiger partial charge is 0.0479 e. The summed E-state index contributed by atoms with van der Waals surface area (Å²) < 4.78 is 0. The highest BCUT2D eigenvalue weighted by molar-refractivity contribution is 6.78. The summed E-state index contributed by atoms with van der Waals surface area (Å²) in [7, 11) is -0.758. The minimum atomic E-state index is -0.758. The van der Waals surface area contributed by atoms with Gasteiger partial charge >= 0.3 is 0 Å². The average molecular weight is 198 g/mol. The maximum absolute atomic E-state index is 2.57. The third kappa shape index (κ3) is 2.83. The molecule has 3 atom stereocenters. The van der Waals surface area contributed by atoms with E-state index in [2.05, 4.69) is 33.9 Å². The van der Waals surface area contributed by atoms with Gasteiger partial charge < -0.3 is 0 Å². The van der Waals surface area contributed by atoms with Crippen LogP contribution in [-0.4, -0.2) is 8.07 Å². The van der Waals surface area contributed by atoms with E-state index < -0.39 is 8.07 Å². The summed E-state index contributed by atoms with van der Waals surface area (Å²) in [4.78, 5) is 0. The van der Waals surface area contributed by atoms with Gasteiger partial charge in [-0.05, 0) is 17.8 Å². The van der Waals surface area contributed by atoms with Gasteiger partial charge in [0, 0.05) is 8.07 Å². The second-order valence-corrected chi connectivity index (χ2v) is 11.1. The van der Waals surface area contributed by atoms with E-state index in [0.29, 0.717) is 0 Å². The van der Waals surface area contributed by atoms with E-state index in [4.69, 9.17) is 0 Å². The molecule has 0 aliphatic carbocycles. The molecule has 1 saturated heterocycles. The second kappa shape index (κ2) is 4.16. The van der Waals surface area contributed by atoms with Crippen LogP contribution in [0.5, 0.6) is 0 Å². The van der Waals surface area contributed by atoms with E-state index in [-0.39, 0.29) is 0 Å². The molecule has 0 aromatic carbocycles. The quantitative estimate of drug-likeness (QED) is 0.590. The lowest BCUT2D eigenvalue weighted by Crippen LogP contribution is -2.21. The molecule has 0 radical (unpaired) electrons. The summed E-state index contributed by atoms with van der Waals surface area (Å²) in [6.45, 7) is 12.4. The summed E-state index contributed by atoms with van der Waals surface area (Å²) in [5.41, 5.74) is 0. The van der Waals surface area contributed by atoms with Crippen LogP contribution in [0.1, 0.15) is 33.6 Å². The Morgan fingerprint density at radius 3 is 2.31 bits per heavy atom. The predicted octanol–water partition coefficient (Wildman–Crippen LogP) is 4.40. The molecule has 0 bridgehead atoms. The second-order valence-electron chi connectivity index (χ2n) is 5.98. The predicted molar refractivity (Wildman–Crippen MR) is 63.8 cm³/mol. The van der Waals surface area contributed by atoms with Crippen molar-refractivity contribution in [2.24, 2.45) is 17.8 Å². The Morgan fingerprint density at radius 1 is 1.31 bits per heavy atom. The van der Waals surface area contributed by atoms with E-state index in [0.717, 1.165) is 17.8 Å². The van der Waals surface area contributed by atoms with Crippen molar-refractivity contribution in [3.63, 3.8) is 0 Å². The lowest BCUT2D eigenvalue weighted by atomic mass is 9.84. The lowest BCUT2D eigenvalue weighted by molar-refractivity contribution is 0.296. The monoisotopic (exact) mass is 198 g/mol. The van der Waals surface area contributed by atoms with Crippen LogP contribution < -0.4 is 0 Å². The molecule has 1 aliphatic rings. The molecule has 13 heavy (non-hydrogen) atoms. The van der Waals surface area contributed by atoms with Gasteiger partial charge in [0.05, 0.1) is 0 Å². The molecule has 1 fully saturated rings. The Hall–Kier alpha value is 0.217. The van der Waals surface area contributed by atoms with Crippen molar-refractivity contribution in [3.05, 3.63) is 0 Å². The number of hydrogen-bond acceptors (Lipinski definition) is 0. The molecule has 0 saturated carbocycles. The SMILES string of the molecule is CCCC(C)C1C[Si](C)(C)CC1C. The van der Waals surface area contributed by atoms with Crippen molar-refractivity contribution >= 4 is 8.07 Å². The van der Waals surface area contributed by atoms with Gasteiger partial charge in [-0.15, -0.1) is 0 Å². The summed E-state index contributed by atoms with van der Waals surface area (Å²) in [6, 6.07) is 3.17. The van der Waals surface area contributed by atoms with Crippen LogP contribution in [0.3, 0.4) is 0 Å². The highest BCUT2D eigenvalue weighted by Gasteiger charge is 2.39. The van der Waals surface area contributed by atoms with Gasteiger partial charge in [-0.25, -0.2) is 0 Å². The summed E-state index contributed by atoms with van der Waals surface area (Å²) >= 11 is 0. The Labute approximate surface area is 85.1 Å². The third-order valence-corrected chi connectivity index (χ3v) is 7.19. The minimum Gasteiger partial charge on any atom is -0.0693 e. The normalized spacial score (nSPS) is 34.8. The van der Waals surface area contributed by atoms with Gasteiger partial charge in [0.25, 0.3) is 0 Å². The highest BCUT2D eigenvalue weighted by Crippen LogP contribution is 2.44. The Balaban J connectivity index is 2.52. The first-order valence-corrected chi connectivity index (χ1v) is 9.37. The molecule has 1 heteroatoms. The molecule has 0 nitrogen and oxygen atoms in total. The molecule has 1 aliphatic heterocycles. The first kappa shape index (κ1) is 11.3. The van der Waals surface area contributed by atoms with Crippen molar-refractivity contribution in [2.75, 3.05) is 0 Å². The van der Waals surface area contributed by atoms with Crippen molar-refractivity contribution in [1.82, 2.24) is 0 Å². The van der Waals surface area contributed by atoms with Gasteiger partial charge in [-0.2, -0.15) is 0 Å². The average Bonchev–Trinajstić information content (AvgIpc) is 2.25. The number of hydrogen-bond donors (Lipinski definition) is 0. The fourth-order valence-corrected chi connectivity index (χ4v) is 7.67. The Morgan fingerprint density at radius 2 is 1.92 bits per heavy atom. The fraction of sp³-hybridized carbons (Fsp3) is 1.00. The fourth-order valence-electron chi connectivity index (χ4n) is 3.38. The van der Waals surface area contributed by atoms with E-state index >= 15 is 0 Å². The molecule has 1 rings (SSSR count). The van der Waals surface area contributed by atoms with Gasteiger partial charge in [0.15, 0.2) is 0 Å². The molecule has 0 aromatic rings. The van der Waals surface area contributed by atoms with Gasteiger partial charge in [-0.3, -0.25) is 0 Å². The molecule has 0 amide bonds. The van der Waals surface area contributed by atoms with E-state index in [1.165, 1.54) is 12.8 Å². The van der Waals surface area contributed by atoms with Crippen LogP contribution in [0.4, 0.5) is 0 Å². The first-order chi connectivity index (χ1) is 5.96. The first-order valence-electron chi connectivity index (χ1n) is 5.96. The summed E-state index contributed by atoms with van der Waals surface area (Å²) in [6.07, 6.45) is 2.81. The zero-order chi connectivity index (χ0) is 10.1. The zero-order valence-electron chi connectivity index (χ0n) is 10.1. The minimum absolute atomic E-state index is 0.758. The van der Waals surface area contributed by atoms with Crippen molar-refractivity contribution < 1.29 is 0 Å². The molecule has 0 N–H and O–H groups in total. The molecule has 3 unspecified atom stereocenters. The van der Waals surface area contributed by atoms with Crippen molar-refractivity contribution in [3.8, 4) is 0 Å². The van der Waals surface area contributed by atoms with Gasteiger partial charge in [0.2, 0.25) is 0 Å². The standard InChI is InChI=1S/C12H26Si/c1-6-7-10(2)12-9-13(4,5)8-11(12)3/h10-12H,6-9H2,1-5H3. The summed E-state index contributed by atoms with van der Waals surface area (Å²) in [5, 5.41) is 0. The van der Waals surface area contributed by atoms with Crippen LogP contribution in [0.15, 0.2) is 0 Å². The molecular weight excluding hydrogens is 172 g/mol. The topological polar surface area (TPSA) is 0 Å².